The number of aryl methyl sites for hydroxylation is 1. The van der Waals surface area contributed by atoms with E-state index in [1.807, 2.05) is 25.1 Å². The minimum Gasteiger partial charge on any atom is -0.484 e. The first-order valence-electron chi connectivity index (χ1n) is 10.0. The number of rotatable bonds is 5. The summed E-state index contributed by atoms with van der Waals surface area (Å²) < 4.78 is 8.04. The number of carbonyl (C=O) groups excluding carboxylic acids is 1. The van der Waals surface area contributed by atoms with E-state index in [1.54, 1.807) is 47.0 Å². The zero-order valence-electron chi connectivity index (χ0n) is 17.4. The summed E-state index contributed by atoms with van der Waals surface area (Å²) in [5.74, 6) is 0.0617. The summed E-state index contributed by atoms with van der Waals surface area (Å²) in [6.45, 7) is 1.61. The first-order valence-corrected chi connectivity index (χ1v) is 10.4. The topological polar surface area (TPSA) is 103 Å². The van der Waals surface area contributed by atoms with E-state index >= 15 is 0 Å². The van der Waals surface area contributed by atoms with E-state index in [2.05, 4.69) is 20.7 Å². The van der Waals surface area contributed by atoms with Gasteiger partial charge in [-0.25, -0.2) is 9.19 Å². The molecule has 10 heteroatoms. The van der Waals surface area contributed by atoms with E-state index in [1.165, 1.54) is 6.20 Å². The van der Waals surface area contributed by atoms with Crippen LogP contribution in [0.5, 0.6) is 5.75 Å². The molecule has 5 aromatic rings. The summed E-state index contributed by atoms with van der Waals surface area (Å²) in [5.41, 5.74) is 5.44. The molecule has 33 heavy (non-hydrogen) atoms. The SMILES string of the molecule is Cc1nn2c(nnc3c(=O)n(NC(=O)COc4ccccc4)ccc32)c1-c1ccc(Cl)cc1. The van der Waals surface area contributed by atoms with Crippen LogP contribution in [0.3, 0.4) is 0 Å². The molecule has 0 radical (unpaired) electrons. The van der Waals surface area contributed by atoms with Crippen molar-refractivity contribution in [1.82, 2.24) is 24.5 Å². The van der Waals surface area contributed by atoms with Crippen LogP contribution in [0.2, 0.25) is 5.02 Å². The monoisotopic (exact) mass is 460 g/mol. The molecular formula is C23H17ClN6O3. The largest absolute Gasteiger partial charge is 0.484 e. The Kier molecular flexibility index (Phi) is 5.23. The number of nitrogens with one attached hydrogen (secondary N) is 1. The molecule has 3 aromatic heterocycles. The number of pyridine rings is 1. The molecule has 0 aliphatic carbocycles. The lowest BCUT2D eigenvalue weighted by Crippen LogP contribution is -2.35. The highest BCUT2D eigenvalue weighted by atomic mass is 35.5. The first kappa shape index (κ1) is 20.7. The number of para-hydroxylation sites is 1. The maximum absolute atomic E-state index is 12.9. The molecule has 0 spiro atoms. The quantitative estimate of drug-likeness (QED) is 0.432. The molecule has 1 amide bonds. The van der Waals surface area contributed by atoms with Gasteiger partial charge in [0.1, 0.15) is 11.3 Å². The van der Waals surface area contributed by atoms with Crippen LogP contribution in [0.15, 0.2) is 71.7 Å². The summed E-state index contributed by atoms with van der Waals surface area (Å²) in [5, 5.41) is 13.6. The van der Waals surface area contributed by atoms with Crippen molar-refractivity contribution in [1.29, 1.82) is 0 Å². The maximum atomic E-state index is 12.9. The normalized spacial score (nSPS) is 11.1. The molecule has 5 rings (SSSR count). The van der Waals surface area contributed by atoms with Crippen LogP contribution >= 0.6 is 11.6 Å². The highest BCUT2D eigenvalue weighted by Crippen LogP contribution is 2.28. The zero-order chi connectivity index (χ0) is 22.9. The Morgan fingerprint density at radius 2 is 1.82 bits per heavy atom. The van der Waals surface area contributed by atoms with E-state index in [-0.39, 0.29) is 12.1 Å². The van der Waals surface area contributed by atoms with Crippen LogP contribution in [0.4, 0.5) is 0 Å². The number of amides is 1. The Balaban J connectivity index is 1.47. The van der Waals surface area contributed by atoms with Crippen LogP contribution in [0, 0.1) is 6.92 Å². The molecule has 0 bridgehead atoms. The molecule has 0 aliphatic rings. The second-order valence-corrected chi connectivity index (χ2v) is 7.70. The van der Waals surface area contributed by atoms with Crippen molar-refractivity contribution in [3.8, 4) is 16.9 Å². The van der Waals surface area contributed by atoms with E-state index in [9.17, 15) is 9.59 Å². The second-order valence-electron chi connectivity index (χ2n) is 7.26. The lowest BCUT2D eigenvalue weighted by molar-refractivity contribution is -0.119. The van der Waals surface area contributed by atoms with Crippen molar-refractivity contribution in [2.75, 3.05) is 12.0 Å². The predicted octanol–water partition coefficient (Wildman–Crippen LogP) is 3.22. The summed E-state index contributed by atoms with van der Waals surface area (Å²) in [4.78, 5) is 25.2. The van der Waals surface area contributed by atoms with Gasteiger partial charge in [-0.3, -0.25) is 15.0 Å². The molecule has 2 aromatic carbocycles. The number of halogens is 1. The van der Waals surface area contributed by atoms with Gasteiger partial charge in [0.2, 0.25) is 0 Å². The van der Waals surface area contributed by atoms with Gasteiger partial charge in [-0.2, -0.15) is 5.10 Å². The van der Waals surface area contributed by atoms with Crippen LogP contribution in [0.25, 0.3) is 27.8 Å². The van der Waals surface area contributed by atoms with E-state index in [0.717, 1.165) is 21.5 Å². The Bertz CT molecular complexity index is 1540. The fourth-order valence-corrected chi connectivity index (χ4v) is 3.65. The molecule has 0 aliphatic heterocycles. The number of hydrogen-bond acceptors (Lipinski definition) is 6. The van der Waals surface area contributed by atoms with E-state index < -0.39 is 11.5 Å². The van der Waals surface area contributed by atoms with E-state index in [4.69, 9.17) is 16.3 Å². The molecular weight excluding hydrogens is 444 g/mol. The fraction of sp³-hybridized carbons (Fsp3) is 0.0870. The van der Waals surface area contributed by atoms with Gasteiger partial charge in [0, 0.05) is 11.2 Å². The standard InChI is InChI=1S/C23H17ClN6O3/c1-14-20(15-7-9-16(24)10-8-15)22-26-25-21-18(30(22)27-14)11-12-29(23(21)32)28-19(31)13-33-17-5-3-2-4-6-17/h2-12H,13H2,1H3,(H,28,31). The number of nitrogens with zero attached hydrogens (tertiary/aromatic N) is 5. The van der Waals surface area contributed by atoms with Crippen molar-refractivity contribution in [3.05, 3.63) is 87.9 Å². The minimum atomic E-state index is -0.531. The van der Waals surface area contributed by atoms with Gasteiger partial charge < -0.3 is 4.74 Å². The minimum absolute atomic E-state index is 0.0689. The number of carbonyl (C=O) groups is 1. The molecule has 3 heterocycles. The lowest BCUT2D eigenvalue weighted by Gasteiger charge is -2.10. The molecule has 0 saturated carbocycles. The average Bonchev–Trinajstić information content (AvgIpc) is 3.17. The average molecular weight is 461 g/mol. The van der Waals surface area contributed by atoms with Crippen LogP contribution in [0.1, 0.15) is 5.69 Å². The third-order valence-corrected chi connectivity index (χ3v) is 5.30. The number of benzene rings is 2. The maximum Gasteiger partial charge on any atom is 0.299 e. The van der Waals surface area contributed by atoms with Crippen molar-refractivity contribution in [3.63, 3.8) is 0 Å². The van der Waals surface area contributed by atoms with Gasteiger partial charge >= 0.3 is 0 Å². The molecule has 0 saturated heterocycles. The van der Waals surface area contributed by atoms with E-state index in [0.29, 0.717) is 21.9 Å². The van der Waals surface area contributed by atoms with Crippen molar-refractivity contribution < 1.29 is 9.53 Å². The highest BCUT2D eigenvalue weighted by Gasteiger charge is 2.18. The predicted molar refractivity (Wildman–Crippen MR) is 124 cm³/mol. The first-order chi connectivity index (χ1) is 16.0. The number of fused-ring (bicyclic) bond motifs is 3. The number of hydrogen-bond donors (Lipinski definition) is 1. The summed E-state index contributed by atoms with van der Waals surface area (Å²) in [7, 11) is 0. The van der Waals surface area contributed by atoms with Crippen molar-refractivity contribution >= 4 is 34.2 Å². The molecule has 1 N–H and O–H groups in total. The zero-order valence-corrected chi connectivity index (χ0v) is 18.2. The summed E-state index contributed by atoms with van der Waals surface area (Å²) in [6, 6.07) is 17.9. The fourth-order valence-electron chi connectivity index (χ4n) is 3.53. The third kappa shape index (κ3) is 3.90. The van der Waals surface area contributed by atoms with Crippen LogP contribution in [-0.4, -0.2) is 37.0 Å². The van der Waals surface area contributed by atoms with Gasteiger partial charge in [-0.05, 0) is 42.8 Å². The van der Waals surface area contributed by atoms with Crippen LogP contribution in [-0.2, 0) is 4.79 Å². The number of aromatic nitrogens is 5. The molecule has 0 atom stereocenters. The smallest absolute Gasteiger partial charge is 0.299 e. The third-order valence-electron chi connectivity index (χ3n) is 5.05. The van der Waals surface area contributed by atoms with Crippen molar-refractivity contribution in [2.24, 2.45) is 0 Å². The van der Waals surface area contributed by atoms with Gasteiger partial charge in [-0.1, -0.05) is 41.9 Å². The molecule has 0 unspecified atom stereocenters. The van der Waals surface area contributed by atoms with Crippen LogP contribution < -0.4 is 15.7 Å². The van der Waals surface area contributed by atoms with Gasteiger partial charge in [0.25, 0.3) is 11.5 Å². The second kappa shape index (κ2) is 8.36. The molecule has 164 valence electrons. The molecule has 9 nitrogen and oxygen atoms in total. The Hall–Kier alpha value is -4.24. The highest BCUT2D eigenvalue weighted by molar-refractivity contribution is 6.30. The van der Waals surface area contributed by atoms with Gasteiger partial charge in [0.05, 0.1) is 11.3 Å². The lowest BCUT2D eigenvalue weighted by atomic mass is 10.1. The van der Waals surface area contributed by atoms with Crippen molar-refractivity contribution in [2.45, 2.75) is 6.92 Å². The summed E-state index contributed by atoms with van der Waals surface area (Å²) >= 11 is 6.00. The molecule has 0 fully saturated rings. The van der Waals surface area contributed by atoms with Gasteiger partial charge in [0.15, 0.2) is 17.8 Å². The van der Waals surface area contributed by atoms with Gasteiger partial charge in [-0.15, -0.1) is 10.2 Å². The number of ether oxygens (including phenoxy) is 1. The summed E-state index contributed by atoms with van der Waals surface area (Å²) in [6.07, 6.45) is 1.45. The Morgan fingerprint density at radius 3 is 2.58 bits per heavy atom. The Morgan fingerprint density at radius 1 is 1.06 bits per heavy atom. The Labute approximate surface area is 192 Å².